The van der Waals surface area contributed by atoms with Crippen molar-refractivity contribution in [1.29, 1.82) is 0 Å². The Labute approximate surface area is 761 Å². The number of hydrogen-bond acceptors (Lipinski definition) is 4. The van der Waals surface area contributed by atoms with Gasteiger partial charge in [0.2, 0.25) is 0 Å². The SMILES string of the molecule is [2H]c1c([2H])c([2H])c(-c2c([2H])c([2H])c3c(c2[2H])B2c4c(cc(C(C)(C)C)cc4N(c4c(-c5ccccc5)c(-c5ccccc5)cc(-c5ccccc5)c4-c4ccccc4)c4c([2H])c5c6c(c42)Sc2c([2H])c([2H])c([2H])c4c2B6c2c(c(-c6ccccc6)c([2H])c6c7c([2H])c(-c8ccccc8)c([2H])c([2H])c7n-5c26)S4)N3c2c(-c3ccccc3)c(-c3ccccc3)cc(-c3ccccc3)c2-c2ccccc2)c([2H])c1[2H]. The zero-order chi connectivity index (χ0) is 96.6. The van der Waals surface area contributed by atoms with Crippen LogP contribution in [0.5, 0.6) is 0 Å². The van der Waals surface area contributed by atoms with Crippen LogP contribution in [0.15, 0.2) is 444 Å². The number of hydrogen-bond donors (Lipinski definition) is 0. The van der Waals surface area contributed by atoms with Crippen LogP contribution in [0.4, 0.5) is 34.1 Å². The van der Waals surface area contributed by atoms with Crippen LogP contribution in [-0.4, -0.2) is 18.0 Å². The fourth-order valence-corrected chi connectivity index (χ4v) is 22.6. The van der Waals surface area contributed by atoms with Crippen LogP contribution in [0.2, 0.25) is 0 Å². The number of anilines is 6. The molecule has 0 spiro atoms. The number of benzene rings is 19. The summed E-state index contributed by atoms with van der Waals surface area (Å²) in [6.07, 6.45) is 0. The van der Waals surface area contributed by atoms with Crippen LogP contribution < -0.4 is 42.6 Å². The van der Waals surface area contributed by atoms with Crippen molar-refractivity contribution in [3.8, 4) is 128 Å². The minimum absolute atomic E-state index is 0.0173. The fraction of sp³-hybridized carbons (Fsp3) is 0.0339. The molecular weight excluding hydrogens is 1550 g/mol. The maximum Gasteiger partial charge on any atom is 0.253 e. The first kappa shape index (κ1) is 58.4. The van der Waals surface area contributed by atoms with Crippen LogP contribution in [0.3, 0.4) is 0 Å². The molecule has 0 fully saturated rings. The van der Waals surface area contributed by atoms with Gasteiger partial charge in [0, 0.05) is 81.0 Å². The van der Waals surface area contributed by atoms with Gasteiger partial charge in [0.05, 0.1) is 44.3 Å². The zero-order valence-electron chi connectivity index (χ0n) is 84.0. The summed E-state index contributed by atoms with van der Waals surface area (Å²) in [5, 5.41) is 0.453. The first-order valence-electron chi connectivity index (χ1n) is 50.2. The van der Waals surface area contributed by atoms with E-state index in [0.717, 1.165) is 72.3 Å². The molecule has 19 aromatic carbocycles. The third-order valence-corrected chi connectivity index (χ3v) is 27.7. The van der Waals surface area contributed by atoms with Gasteiger partial charge in [-0.1, -0.05) is 402 Å². The first-order valence-corrected chi connectivity index (χ1v) is 43.9. The van der Waals surface area contributed by atoms with Gasteiger partial charge in [0.15, 0.2) is 0 Å². The summed E-state index contributed by atoms with van der Waals surface area (Å²) in [6.45, 7) is 3.84. The molecule has 0 atom stereocenters. The third kappa shape index (κ3) is 11.5. The fourth-order valence-electron chi connectivity index (χ4n) is 20.0. The highest BCUT2D eigenvalue weighted by molar-refractivity contribution is 8.01. The highest BCUT2D eigenvalue weighted by atomic mass is 32.2. The second-order valence-electron chi connectivity index (χ2n) is 33.4. The van der Waals surface area contributed by atoms with Crippen LogP contribution in [0.1, 0.15) is 48.3 Å². The summed E-state index contributed by atoms with van der Waals surface area (Å²) in [7, 11) is 0. The largest absolute Gasteiger partial charge is 0.310 e. The lowest BCUT2D eigenvalue weighted by atomic mass is 9.30. The maximum absolute atomic E-state index is 13.0. The average Bonchev–Trinajstić information content (AvgIpc) is 1.59. The lowest BCUT2D eigenvalue weighted by Gasteiger charge is -2.49. The summed E-state index contributed by atoms with van der Waals surface area (Å²) < 4.78 is 175. The molecule has 0 amide bonds. The minimum atomic E-state index is -1.49. The molecular formula is C118H79B2N3S2. The minimum Gasteiger partial charge on any atom is -0.310 e. The number of fused-ring (bicyclic) bond motifs is 9. The second-order valence-corrected chi connectivity index (χ2v) is 35.5. The smallest absolute Gasteiger partial charge is 0.253 e. The maximum atomic E-state index is 13.0. The molecule has 0 bridgehead atoms. The average molecular weight is 1640 g/mol. The van der Waals surface area contributed by atoms with Crippen molar-refractivity contribution in [2.24, 2.45) is 0 Å². The molecule has 0 saturated carbocycles. The van der Waals surface area contributed by atoms with Crippen LogP contribution in [0, 0.1) is 0 Å². The Hall–Kier alpha value is -14.6. The molecule has 6 heterocycles. The van der Waals surface area contributed by atoms with Gasteiger partial charge in [0.25, 0.3) is 13.4 Å². The summed E-state index contributed by atoms with van der Waals surface area (Å²) in [5.41, 5.74) is 18.1. The topological polar surface area (TPSA) is 11.4 Å². The van der Waals surface area contributed by atoms with E-state index in [1.165, 1.54) is 23.5 Å². The number of aromatic nitrogens is 1. The first-order chi connectivity index (χ1) is 68.4. The van der Waals surface area contributed by atoms with E-state index in [0.29, 0.717) is 114 Å². The van der Waals surface area contributed by atoms with E-state index in [9.17, 15) is 21.9 Å². The van der Waals surface area contributed by atoms with E-state index in [-0.39, 0.29) is 92.7 Å². The van der Waals surface area contributed by atoms with Crippen LogP contribution in [0.25, 0.3) is 150 Å². The van der Waals surface area contributed by atoms with Crippen molar-refractivity contribution in [2.75, 3.05) is 9.80 Å². The lowest BCUT2D eigenvalue weighted by Crippen LogP contribution is -2.66. The lowest BCUT2D eigenvalue weighted by molar-refractivity contribution is 0.590. The Balaban J connectivity index is 0.985. The molecule has 0 aliphatic carbocycles. The highest BCUT2D eigenvalue weighted by Gasteiger charge is 2.53. The molecule has 25 rings (SSSR count). The van der Waals surface area contributed by atoms with E-state index in [1.807, 2.05) is 211 Å². The second kappa shape index (κ2) is 29.0. The van der Waals surface area contributed by atoms with Crippen molar-refractivity contribution in [3.63, 3.8) is 0 Å². The van der Waals surface area contributed by atoms with E-state index in [1.54, 1.807) is 0 Å². The molecule has 7 heteroatoms. The van der Waals surface area contributed by atoms with Crippen molar-refractivity contribution >= 4 is 126 Å². The van der Waals surface area contributed by atoms with Gasteiger partial charge in [-0.05, 0) is 210 Å². The molecule has 0 unspecified atom stereocenters. The van der Waals surface area contributed by atoms with E-state index < -0.39 is 78.3 Å². The van der Waals surface area contributed by atoms with Gasteiger partial charge in [0.1, 0.15) is 0 Å². The Kier molecular flexibility index (Phi) is 13.6. The highest BCUT2D eigenvalue weighted by Crippen LogP contribution is 2.61. The summed E-state index contributed by atoms with van der Waals surface area (Å²) in [4.78, 5) is 5.94. The molecule has 5 aliphatic rings. The number of rotatable bonds is 13. The van der Waals surface area contributed by atoms with Crippen molar-refractivity contribution < 1.29 is 21.9 Å². The van der Waals surface area contributed by atoms with E-state index >= 15 is 0 Å². The van der Waals surface area contributed by atoms with Gasteiger partial charge in [-0.25, -0.2) is 0 Å². The number of nitrogens with zero attached hydrogens (tertiary/aromatic N) is 3. The van der Waals surface area contributed by atoms with Crippen molar-refractivity contribution in [2.45, 2.75) is 45.8 Å². The Bertz CT molecular complexity index is 8580. The molecule has 5 aliphatic heterocycles. The van der Waals surface area contributed by atoms with Gasteiger partial charge >= 0.3 is 0 Å². The normalized spacial score (nSPS) is 14.7. The molecule has 0 N–H and O–H groups in total. The molecule has 0 radical (unpaired) electrons. The molecule has 3 nitrogen and oxygen atoms in total. The Morgan fingerprint density at radius 3 is 1.11 bits per heavy atom. The molecule has 584 valence electrons. The summed E-state index contributed by atoms with van der Waals surface area (Å²) in [6, 6.07) is 102. The van der Waals surface area contributed by atoms with Gasteiger partial charge in [-0.15, -0.1) is 0 Å². The monoisotopic (exact) mass is 1640 g/mol. The van der Waals surface area contributed by atoms with E-state index in [2.05, 4.69) is 152 Å². The van der Waals surface area contributed by atoms with Crippen molar-refractivity contribution in [3.05, 3.63) is 430 Å². The van der Waals surface area contributed by atoms with Gasteiger partial charge in [-0.3, -0.25) is 0 Å². The Morgan fingerprint density at radius 2 is 0.664 bits per heavy atom. The predicted molar refractivity (Wildman–Crippen MR) is 533 cm³/mol. The van der Waals surface area contributed by atoms with Gasteiger partial charge < -0.3 is 14.4 Å². The van der Waals surface area contributed by atoms with Crippen molar-refractivity contribution in [1.82, 2.24) is 4.57 Å². The zero-order valence-corrected chi connectivity index (χ0v) is 69.6. The molecule has 0 saturated heterocycles. The molecule has 20 aromatic rings. The summed E-state index contributed by atoms with van der Waals surface area (Å²) in [5.74, 6) is 0. The molecule has 125 heavy (non-hydrogen) atoms. The summed E-state index contributed by atoms with van der Waals surface area (Å²) >= 11 is 2.44. The van der Waals surface area contributed by atoms with E-state index in [4.69, 9.17) is 0 Å². The third-order valence-electron chi connectivity index (χ3n) is 25.4. The standard InChI is InChI=1S/C118H79B2N3S2/c1-118(2,3)87-68-98-108-99(69-87)123(115-106(83-56-33-13-34-57-83)90(78-46-23-8-24-47-78)71-91(79-48-25-9-26-49-79)107(115)84-58-35-14-36-59-84)100-73-101-110-117(125-103-61-37-60-102-111(103)120(110)112-113-94(72-92(116(112)124-102)80-50-27-10-28-51-80)93-66-85(62-64-96(93)121(101)113)74-38-15-4-16-39-74)109(100)119(108)95-67-86(75-40-17-5-18-41-75)63-65-97(95)122(98)114-104(81-52-29-11-30-53-81)88(76-42-19-6-20-43-76)70-89(77-44-21-7-22-45-77)105(114)82-54-31-12-32-55-82/h4-73H,1-3H3/i5D,17D,18D,37D,40D,41D,60D,61D,62D,63D,64D,65D,66D,67D,72D,73D. The van der Waals surface area contributed by atoms with Gasteiger partial charge in [-0.2, -0.15) is 0 Å². The molecule has 1 aromatic heterocycles. The van der Waals surface area contributed by atoms with Crippen LogP contribution >= 0.6 is 23.5 Å². The predicted octanol–water partition coefficient (Wildman–Crippen LogP) is 28.3. The Morgan fingerprint density at radius 1 is 0.272 bits per heavy atom. The van der Waals surface area contributed by atoms with Crippen LogP contribution in [-0.2, 0) is 5.41 Å². The quantitative estimate of drug-likeness (QED) is 0.107.